The van der Waals surface area contributed by atoms with Crippen molar-refractivity contribution < 1.29 is 14.4 Å². The Morgan fingerprint density at radius 1 is 1.47 bits per heavy atom. The van der Waals surface area contributed by atoms with E-state index in [1.807, 2.05) is 0 Å². The van der Waals surface area contributed by atoms with E-state index in [0.717, 1.165) is 12.8 Å². The second-order valence-corrected chi connectivity index (χ2v) is 3.90. The van der Waals surface area contributed by atoms with Crippen molar-refractivity contribution in [3.8, 4) is 5.75 Å². The second kappa shape index (κ2) is 5.05. The van der Waals surface area contributed by atoms with Crippen LogP contribution in [0, 0.1) is 0 Å². The summed E-state index contributed by atoms with van der Waals surface area (Å²) in [5.74, 6) is 0.357. The molecule has 1 saturated heterocycles. The predicted molar refractivity (Wildman–Crippen MR) is 63.6 cm³/mol. The molecule has 2 N–H and O–H groups in total. The van der Waals surface area contributed by atoms with Gasteiger partial charge < -0.3 is 10.5 Å². The summed E-state index contributed by atoms with van der Waals surface area (Å²) in [6.45, 7) is 1.23. The van der Waals surface area contributed by atoms with Gasteiger partial charge in [0, 0.05) is 12.1 Å². The number of hydrogen-bond acceptors (Lipinski definition) is 4. The number of rotatable bonds is 2. The fraction of sp³-hybridized carbons (Fsp3) is 0.417. The first-order valence-electron chi connectivity index (χ1n) is 5.60. The molecule has 0 saturated carbocycles. The maximum Gasteiger partial charge on any atom is 0.277 e. The highest BCUT2D eigenvalue weighted by atomic mass is 16.7. The lowest BCUT2D eigenvalue weighted by atomic mass is 10.1. The third kappa shape index (κ3) is 2.50. The third-order valence-corrected chi connectivity index (χ3v) is 2.71. The van der Waals surface area contributed by atoms with Gasteiger partial charge in [-0.05, 0) is 31.0 Å². The summed E-state index contributed by atoms with van der Waals surface area (Å²) < 4.78 is 5.09. The molecule has 1 aliphatic rings. The first kappa shape index (κ1) is 11.7. The SMILES string of the molecule is COc1cc(C(=O)N2CCCCO2)ccc1N. The highest BCUT2D eigenvalue weighted by Gasteiger charge is 2.20. The quantitative estimate of drug-likeness (QED) is 0.789. The normalized spacial score (nSPS) is 15.7. The summed E-state index contributed by atoms with van der Waals surface area (Å²) in [7, 11) is 1.53. The van der Waals surface area contributed by atoms with Crippen molar-refractivity contribution in [1.82, 2.24) is 5.06 Å². The van der Waals surface area contributed by atoms with Crippen LogP contribution in [0.15, 0.2) is 18.2 Å². The summed E-state index contributed by atoms with van der Waals surface area (Å²) in [6, 6.07) is 4.98. The molecule has 1 amide bonds. The van der Waals surface area contributed by atoms with Crippen LogP contribution in [0.1, 0.15) is 23.2 Å². The van der Waals surface area contributed by atoms with Crippen molar-refractivity contribution >= 4 is 11.6 Å². The number of methoxy groups -OCH3 is 1. The Bertz CT molecular complexity index is 414. The van der Waals surface area contributed by atoms with Crippen molar-refractivity contribution in [1.29, 1.82) is 0 Å². The van der Waals surface area contributed by atoms with Gasteiger partial charge in [-0.2, -0.15) is 0 Å². The van der Waals surface area contributed by atoms with E-state index in [0.29, 0.717) is 30.2 Å². The zero-order chi connectivity index (χ0) is 12.3. The highest BCUT2D eigenvalue weighted by Crippen LogP contribution is 2.23. The molecular weight excluding hydrogens is 220 g/mol. The second-order valence-electron chi connectivity index (χ2n) is 3.90. The summed E-state index contributed by atoms with van der Waals surface area (Å²) >= 11 is 0. The average Bonchev–Trinajstić information content (AvgIpc) is 2.39. The maximum absolute atomic E-state index is 12.1. The van der Waals surface area contributed by atoms with Crippen LogP contribution in [0.4, 0.5) is 5.69 Å². The molecule has 92 valence electrons. The van der Waals surface area contributed by atoms with Gasteiger partial charge in [0.2, 0.25) is 0 Å². The predicted octanol–water partition coefficient (Wildman–Crippen LogP) is 1.44. The number of benzene rings is 1. The third-order valence-electron chi connectivity index (χ3n) is 2.71. The van der Waals surface area contributed by atoms with E-state index in [1.54, 1.807) is 18.2 Å². The van der Waals surface area contributed by atoms with E-state index in [1.165, 1.54) is 12.2 Å². The molecule has 0 aliphatic carbocycles. The lowest BCUT2D eigenvalue weighted by Gasteiger charge is -2.26. The van der Waals surface area contributed by atoms with Crippen LogP contribution in [0.3, 0.4) is 0 Å². The lowest BCUT2D eigenvalue weighted by Crippen LogP contribution is -2.35. The van der Waals surface area contributed by atoms with E-state index in [2.05, 4.69) is 0 Å². The minimum absolute atomic E-state index is 0.150. The highest BCUT2D eigenvalue weighted by molar-refractivity contribution is 5.94. The van der Waals surface area contributed by atoms with E-state index in [4.69, 9.17) is 15.3 Å². The van der Waals surface area contributed by atoms with Crippen LogP contribution in [0.2, 0.25) is 0 Å². The number of ether oxygens (including phenoxy) is 1. The van der Waals surface area contributed by atoms with Gasteiger partial charge in [-0.1, -0.05) is 0 Å². The van der Waals surface area contributed by atoms with Gasteiger partial charge in [-0.15, -0.1) is 0 Å². The zero-order valence-corrected chi connectivity index (χ0v) is 9.81. The van der Waals surface area contributed by atoms with Gasteiger partial charge in [0.05, 0.1) is 19.4 Å². The minimum atomic E-state index is -0.150. The largest absolute Gasteiger partial charge is 0.495 e. The van der Waals surface area contributed by atoms with Crippen molar-refractivity contribution in [2.24, 2.45) is 0 Å². The molecule has 0 bridgehead atoms. The van der Waals surface area contributed by atoms with Crippen LogP contribution < -0.4 is 10.5 Å². The number of anilines is 1. The monoisotopic (exact) mass is 236 g/mol. The fourth-order valence-electron chi connectivity index (χ4n) is 1.75. The van der Waals surface area contributed by atoms with Crippen molar-refractivity contribution in [2.75, 3.05) is 26.0 Å². The van der Waals surface area contributed by atoms with E-state index >= 15 is 0 Å². The van der Waals surface area contributed by atoms with Gasteiger partial charge >= 0.3 is 0 Å². The Morgan fingerprint density at radius 3 is 2.94 bits per heavy atom. The Hall–Kier alpha value is -1.75. The van der Waals surface area contributed by atoms with Crippen LogP contribution in [-0.4, -0.2) is 31.2 Å². The standard InChI is InChI=1S/C12H16N2O3/c1-16-11-8-9(4-5-10(11)13)12(15)14-6-2-3-7-17-14/h4-5,8H,2-3,6-7,13H2,1H3. The molecule has 1 fully saturated rings. The topological polar surface area (TPSA) is 64.8 Å². The number of hydroxylamine groups is 2. The van der Waals surface area contributed by atoms with E-state index in [9.17, 15) is 4.79 Å². The number of amides is 1. The maximum atomic E-state index is 12.1. The Balaban J connectivity index is 2.18. The van der Waals surface area contributed by atoms with E-state index < -0.39 is 0 Å². The summed E-state index contributed by atoms with van der Waals surface area (Å²) in [6.07, 6.45) is 1.96. The smallest absolute Gasteiger partial charge is 0.277 e. The molecule has 0 atom stereocenters. The number of carbonyl (C=O) groups is 1. The number of nitrogen functional groups attached to an aromatic ring is 1. The molecule has 1 aromatic carbocycles. The molecular formula is C12H16N2O3. The molecule has 0 unspecified atom stereocenters. The van der Waals surface area contributed by atoms with Crippen LogP contribution in [0.5, 0.6) is 5.75 Å². The molecule has 5 nitrogen and oxygen atoms in total. The van der Waals surface area contributed by atoms with Gasteiger partial charge in [-0.25, -0.2) is 5.06 Å². The summed E-state index contributed by atoms with van der Waals surface area (Å²) in [4.78, 5) is 17.4. The molecule has 0 aromatic heterocycles. The first-order valence-corrected chi connectivity index (χ1v) is 5.60. The van der Waals surface area contributed by atoms with Crippen molar-refractivity contribution in [3.05, 3.63) is 23.8 Å². The Labute approximate surface area is 100 Å². The molecule has 5 heteroatoms. The van der Waals surface area contributed by atoms with Gasteiger partial charge in [0.25, 0.3) is 5.91 Å². The van der Waals surface area contributed by atoms with Crippen molar-refractivity contribution in [2.45, 2.75) is 12.8 Å². The van der Waals surface area contributed by atoms with E-state index in [-0.39, 0.29) is 5.91 Å². The molecule has 1 aromatic rings. The van der Waals surface area contributed by atoms with Crippen molar-refractivity contribution in [3.63, 3.8) is 0 Å². The molecule has 0 radical (unpaired) electrons. The average molecular weight is 236 g/mol. The zero-order valence-electron chi connectivity index (χ0n) is 9.81. The number of carbonyl (C=O) groups excluding carboxylic acids is 1. The van der Waals surface area contributed by atoms with Gasteiger partial charge in [0.15, 0.2) is 0 Å². The fourth-order valence-corrected chi connectivity index (χ4v) is 1.75. The van der Waals surface area contributed by atoms with Crippen LogP contribution >= 0.6 is 0 Å². The Kier molecular flexibility index (Phi) is 3.49. The van der Waals surface area contributed by atoms with Gasteiger partial charge in [0.1, 0.15) is 5.75 Å². The van der Waals surface area contributed by atoms with Gasteiger partial charge in [-0.3, -0.25) is 9.63 Å². The lowest BCUT2D eigenvalue weighted by molar-refractivity contribution is -0.144. The Morgan fingerprint density at radius 2 is 2.29 bits per heavy atom. The summed E-state index contributed by atoms with van der Waals surface area (Å²) in [5, 5.41) is 1.40. The summed E-state index contributed by atoms with van der Waals surface area (Å²) in [5.41, 5.74) is 6.74. The minimum Gasteiger partial charge on any atom is -0.495 e. The van der Waals surface area contributed by atoms with Crippen LogP contribution in [-0.2, 0) is 4.84 Å². The number of nitrogens with zero attached hydrogens (tertiary/aromatic N) is 1. The van der Waals surface area contributed by atoms with Crippen LogP contribution in [0.25, 0.3) is 0 Å². The first-order chi connectivity index (χ1) is 8.22. The molecule has 2 rings (SSSR count). The molecule has 1 aliphatic heterocycles. The number of hydrogen-bond donors (Lipinski definition) is 1. The molecule has 1 heterocycles. The number of nitrogens with two attached hydrogens (primary N) is 1. The molecule has 0 spiro atoms. The molecule has 17 heavy (non-hydrogen) atoms.